The van der Waals surface area contributed by atoms with E-state index in [1.165, 1.54) is 5.56 Å². The van der Waals surface area contributed by atoms with E-state index in [-0.39, 0.29) is 0 Å². The minimum Gasteiger partial charge on any atom is -0.395 e. The number of benzene rings is 3. The van der Waals surface area contributed by atoms with Gasteiger partial charge in [-0.15, -0.1) is 0 Å². The van der Waals surface area contributed by atoms with Gasteiger partial charge in [0.05, 0.1) is 0 Å². The van der Waals surface area contributed by atoms with Crippen LogP contribution in [-0.4, -0.2) is 12.1 Å². The van der Waals surface area contributed by atoms with Crippen molar-refractivity contribution in [3.63, 3.8) is 0 Å². The highest BCUT2D eigenvalue weighted by molar-refractivity contribution is 8.30. The van der Waals surface area contributed by atoms with Crippen molar-refractivity contribution in [3.05, 3.63) is 89.5 Å². The SMILES string of the molecule is CCCCCc1cc(CCCCC)c(S(OC(=O)C(F)(F)F)(c2ccccc2)c2ccccc2)c(CCCCC)c1. The van der Waals surface area contributed by atoms with Crippen LogP contribution in [0.5, 0.6) is 0 Å². The highest BCUT2D eigenvalue weighted by Crippen LogP contribution is 2.71. The second-order valence-electron chi connectivity index (χ2n) is 10.7. The zero-order valence-corrected chi connectivity index (χ0v) is 25.6. The lowest BCUT2D eigenvalue weighted by molar-refractivity contribution is -0.188. The van der Waals surface area contributed by atoms with Crippen molar-refractivity contribution in [3.8, 4) is 0 Å². The number of unbranched alkanes of at least 4 members (excludes halogenated alkanes) is 6. The Kier molecular flexibility index (Phi) is 12.8. The third-order valence-corrected chi connectivity index (χ3v) is 10.7. The molecule has 0 aliphatic heterocycles. The van der Waals surface area contributed by atoms with Crippen molar-refractivity contribution in [2.24, 2.45) is 0 Å². The fourth-order valence-electron chi connectivity index (χ4n) is 5.32. The van der Waals surface area contributed by atoms with Gasteiger partial charge in [-0.2, -0.15) is 13.2 Å². The Balaban J connectivity index is 2.42. The van der Waals surface area contributed by atoms with Gasteiger partial charge < -0.3 is 4.18 Å². The van der Waals surface area contributed by atoms with Crippen LogP contribution >= 0.6 is 10.3 Å². The van der Waals surface area contributed by atoms with Gasteiger partial charge in [-0.05, 0) is 89.8 Å². The number of halogens is 3. The van der Waals surface area contributed by atoms with Gasteiger partial charge in [0.2, 0.25) is 0 Å². The average Bonchev–Trinajstić information content (AvgIpc) is 2.97. The van der Waals surface area contributed by atoms with Crippen LogP contribution in [0.2, 0.25) is 0 Å². The van der Waals surface area contributed by atoms with Gasteiger partial charge in [-0.1, -0.05) is 108 Å². The van der Waals surface area contributed by atoms with Crippen LogP contribution in [0.1, 0.15) is 95.2 Å². The molecule has 41 heavy (non-hydrogen) atoms. The molecule has 0 aliphatic rings. The molecule has 6 heteroatoms. The summed E-state index contributed by atoms with van der Waals surface area (Å²) in [6, 6.07) is 22.6. The molecular weight excluding hydrogens is 541 g/mol. The maximum atomic E-state index is 14.0. The van der Waals surface area contributed by atoms with E-state index in [1.54, 1.807) is 0 Å². The number of hydrogen-bond acceptors (Lipinski definition) is 2. The number of carbonyl (C=O) groups is 1. The van der Waals surface area contributed by atoms with Crippen LogP contribution in [0.4, 0.5) is 13.2 Å². The molecule has 3 aromatic carbocycles. The Morgan fingerprint density at radius 3 is 1.46 bits per heavy atom. The molecule has 3 aromatic rings. The predicted molar refractivity (Wildman–Crippen MR) is 164 cm³/mol. The van der Waals surface area contributed by atoms with E-state index in [9.17, 15) is 18.0 Å². The first-order valence-corrected chi connectivity index (χ1v) is 16.7. The Morgan fingerprint density at radius 1 is 0.659 bits per heavy atom. The smallest absolute Gasteiger partial charge is 0.395 e. The fraction of sp³-hybridized carbons (Fsp3) is 0.457. The fourth-order valence-corrected chi connectivity index (χ4v) is 8.80. The predicted octanol–water partition coefficient (Wildman–Crippen LogP) is 11.2. The molecule has 0 saturated heterocycles. The van der Waals surface area contributed by atoms with E-state index < -0.39 is 22.5 Å². The van der Waals surface area contributed by atoms with Gasteiger partial charge >= 0.3 is 12.1 Å². The standard InChI is InChI=1S/C35H45F3O2S/c1-4-7-12-19-28-26-29(20-13-8-5-2)33(30(27-28)21-14-9-6-3)41(31-22-15-10-16-23-31,32-24-17-11-18-25-32)40-34(39)35(36,37)38/h10-11,15-18,22-27H,4-9,12-14,19-21H2,1-3H3. The summed E-state index contributed by atoms with van der Waals surface area (Å²) in [6.07, 6.45) is 6.52. The molecule has 0 radical (unpaired) electrons. The van der Waals surface area contributed by atoms with Crippen LogP contribution < -0.4 is 0 Å². The van der Waals surface area contributed by atoms with Crippen LogP contribution in [0.15, 0.2) is 87.5 Å². The molecule has 3 rings (SSSR count). The first-order valence-electron chi connectivity index (χ1n) is 15.2. The molecule has 0 aromatic heterocycles. The molecular formula is C35H45F3O2S. The first kappa shape index (κ1) is 32.8. The minimum atomic E-state index is -5.12. The average molecular weight is 587 g/mol. The van der Waals surface area contributed by atoms with Crippen molar-refractivity contribution in [1.29, 1.82) is 0 Å². The summed E-state index contributed by atoms with van der Waals surface area (Å²) in [5, 5.41) is 0. The van der Waals surface area contributed by atoms with Crippen molar-refractivity contribution < 1.29 is 22.1 Å². The molecule has 0 fully saturated rings. The number of alkyl halides is 3. The Labute approximate surface area is 246 Å². The zero-order valence-electron chi connectivity index (χ0n) is 24.8. The van der Waals surface area contributed by atoms with E-state index in [2.05, 4.69) is 32.9 Å². The summed E-state index contributed by atoms with van der Waals surface area (Å²) in [7, 11) is -3.06. The molecule has 224 valence electrons. The molecule has 0 unspecified atom stereocenters. The van der Waals surface area contributed by atoms with Gasteiger partial charge in [0.25, 0.3) is 0 Å². The second kappa shape index (κ2) is 16.1. The van der Waals surface area contributed by atoms with Crippen LogP contribution in [0, 0.1) is 0 Å². The normalized spacial score (nSPS) is 12.3. The largest absolute Gasteiger partial charge is 0.491 e. The summed E-state index contributed by atoms with van der Waals surface area (Å²) in [6.45, 7) is 6.47. The van der Waals surface area contributed by atoms with Gasteiger partial charge in [0.15, 0.2) is 0 Å². The van der Waals surface area contributed by atoms with Gasteiger partial charge in [0, 0.05) is 14.7 Å². The Morgan fingerprint density at radius 2 is 1.07 bits per heavy atom. The van der Waals surface area contributed by atoms with E-state index in [1.807, 2.05) is 60.7 Å². The van der Waals surface area contributed by atoms with E-state index in [4.69, 9.17) is 4.18 Å². The maximum Gasteiger partial charge on any atom is 0.491 e. The van der Waals surface area contributed by atoms with Crippen molar-refractivity contribution in [2.75, 3.05) is 0 Å². The van der Waals surface area contributed by atoms with Crippen molar-refractivity contribution in [2.45, 2.75) is 119 Å². The highest BCUT2D eigenvalue weighted by atomic mass is 32.3. The Bertz CT molecular complexity index is 1140. The molecule has 2 nitrogen and oxygen atoms in total. The summed E-state index contributed by atoms with van der Waals surface area (Å²) >= 11 is 0. The molecule has 0 amide bonds. The number of rotatable bonds is 16. The quantitative estimate of drug-likeness (QED) is 0.156. The number of hydrogen-bond donors (Lipinski definition) is 0. The summed E-state index contributed by atoms with van der Waals surface area (Å²) in [5.74, 6) is -2.15. The van der Waals surface area contributed by atoms with Crippen LogP contribution in [-0.2, 0) is 28.2 Å². The highest BCUT2D eigenvalue weighted by Gasteiger charge is 2.48. The third kappa shape index (κ3) is 8.64. The lowest BCUT2D eigenvalue weighted by Gasteiger charge is -2.42. The Hall–Kier alpha value is -2.73. The molecule has 0 saturated carbocycles. The summed E-state index contributed by atoms with van der Waals surface area (Å²) in [5.41, 5.74) is 3.24. The monoisotopic (exact) mass is 586 g/mol. The second-order valence-corrected chi connectivity index (χ2v) is 13.3. The van der Waals surface area contributed by atoms with Crippen LogP contribution in [0.3, 0.4) is 0 Å². The zero-order chi connectivity index (χ0) is 29.7. The maximum absolute atomic E-state index is 14.0. The van der Waals surface area contributed by atoms with Crippen molar-refractivity contribution >= 4 is 16.3 Å². The lowest BCUT2D eigenvalue weighted by atomic mass is 9.95. The number of carbonyl (C=O) groups excluding carboxylic acids is 1. The third-order valence-electron chi connectivity index (χ3n) is 7.34. The van der Waals surface area contributed by atoms with Gasteiger partial charge in [-0.25, -0.2) is 4.79 Å². The first-order chi connectivity index (χ1) is 19.8. The van der Waals surface area contributed by atoms with E-state index >= 15 is 0 Å². The molecule has 0 aliphatic carbocycles. The van der Waals surface area contributed by atoms with Gasteiger partial charge in [-0.3, -0.25) is 0 Å². The molecule has 0 bridgehead atoms. The molecule has 0 spiro atoms. The molecule has 0 heterocycles. The topological polar surface area (TPSA) is 26.3 Å². The van der Waals surface area contributed by atoms with E-state index in [0.717, 1.165) is 93.1 Å². The van der Waals surface area contributed by atoms with Crippen molar-refractivity contribution in [1.82, 2.24) is 0 Å². The molecule has 0 N–H and O–H groups in total. The van der Waals surface area contributed by atoms with E-state index in [0.29, 0.717) is 9.79 Å². The lowest BCUT2D eigenvalue weighted by Crippen LogP contribution is -2.28. The summed E-state index contributed by atoms with van der Waals surface area (Å²) < 4.78 is 47.9. The van der Waals surface area contributed by atoms with Crippen LogP contribution in [0.25, 0.3) is 0 Å². The van der Waals surface area contributed by atoms with Gasteiger partial charge in [0.1, 0.15) is 0 Å². The number of aryl methyl sites for hydroxylation is 3. The molecule has 0 atom stereocenters. The minimum absolute atomic E-state index is 0.594. The summed E-state index contributed by atoms with van der Waals surface area (Å²) in [4.78, 5) is 14.8.